The molecule has 0 aliphatic carbocycles. The molecule has 0 saturated heterocycles. The molecule has 2 aromatic carbocycles. The Kier molecular flexibility index (Phi) is 5.85. The molecule has 0 fully saturated rings. The van der Waals surface area contributed by atoms with Crippen LogP contribution in [0.3, 0.4) is 0 Å². The van der Waals surface area contributed by atoms with Crippen LogP contribution in [-0.2, 0) is 4.79 Å². The van der Waals surface area contributed by atoms with Gasteiger partial charge in [-0.1, -0.05) is 23.8 Å². The summed E-state index contributed by atoms with van der Waals surface area (Å²) >= 11 is 0. The third kappa shape index (κ3) is 4.16. The van der Waals surface area contributed by atoms with E-state index in [2.05, 4.69) is 20.7 Å². The van der Waals surface area contributed by atoms with E-state index in [9.17, 15) is 4.79 Å². The second-order valence-corrected chi connectivity index (χ2v) is 7.99. The van der Waals surface area contributed by atoms with Gasteiger partial charge in [0.15, 0.2) is 11.5 Å². The maximum atomic E-state index is 13.4. The van der Waals surface area contributed by atoms with Gasteiger partial charge in [-0.3, -0.25) is 4.79 Å². The summed E-state index contributed by atoms with van der Waals surface area (Å²) < 4.78 is 13.1. The SMILES string of the molecule is COc1cc(C2C(C(=O)Nc3ccc(C)cc3)=C(C)Nc3ncnn32)ccc1OC(C)C. The Balaban J connectivity index is 1.75. The van der Waals surface area contributed by atoms with Gasteiger partial charge in [0.2, 0.25) is 5.95 Å². The molecule has 0 saturated carbocycles. The number of carbonyl (C=O) groups is 1. The van der Waals surface area contributed by atoms with Crippen LogP contribution in [0.25, 0.3) is 0 Å². The number of carbonyl (C=O) groups excluding carboxylic acids is 1. The molecule has 2 heterocycles. The summed E-state index contributed by atoms with van der Waals surface area (Å²) in [7, 11) is 1.60. The van der Waals surface area contributed by atoms with Gasteiger partial charge in [0.05, 0.1) is 18.8 Å². The van der Waals surface area contributed by atoms with Crippen LogP contribution in [0.2, 0.25) is 0 Å². The molecule has 32 heavy (non-hydrogen) atoms. The number of aryl methyl sites for hydroxylation is 1. The zero-order valence-electron chi connectivity index (χ0n) is 18.8. The van der Waals surface area contributed by atoms with Gasteiger partial charge in [0.25, 0.3) is 5.91 Å². The molecule has 1 amide bonds. The van der Waals surface area contributed by atoms with Crippen molar-refractivity contribution in [3.8, 4) is 11.5 Å². The number of nitrogens with one attached hydrogen (secondary N) is 2. The topological polar surface area (TPSA) is 90.3 Å². The number of amides is 1. The molecule has 0 radical (unpaired) electrons. The molecule has 4 rings (SSSR count). The fourth-order valence-corrected chi connectivity index (χ4v) is 3.73. The number of hydrogen-bond donors (Lipinski definition) is 2. The highest BCUT2D eigenvalue weighted by Gasteiger charge is 2.34. The molecule has 8 nitrogen and oxygen atoms in total. The molecule has 8 heteroatoms. The van der Waals surface area contributed by atoms with Crippen LogP contribution < -0.4 is 20.1 Å². The number of ether oxygens (including phenoxy) is 2. The van der Waals surface area contributed by atoms with E-state index in [0.29, 0.717) is 28.7 Å². The quantitative estimate of drug-likeness (QED) is 0.602. The van der Waals surface area contributed by atoms with E-state index in [4.69, 9.17) is 9.47 Å². The van der Waals surface area contributed by atoms with Crippen molar-refractivity contribution < 1.29 is 14.3 Å². The number of aromatic nitrogens is 3. The number of nitrogens with zero attached hydrogens (tertiary/aromatic N) is 3. The van der Waals surface area contributed by atoms with Crippen LogP contribution in [0.5, 0.6) is 11.5 Å². The fraction of sp³-hybridized carbons (Fsp3) is 0.292. The normalized spacial score (nSPS) is 15.2. The molecule has 1 aliphatic heterocycles. The molecule has 1 aromatic heterocycles. The van der Waals surface area contributed by atoms with Crippen LogP contribution >= 0.6 is 0 Å². The van der Waals surface area contributed by atoms with E-state index in [1.54, 1.807) is 11.8 Å². The lowest BCUT2D eigenvalue weighted by Gasteiger charge is -2.29. The van der Waals surface area contributed by atoms with Crippen LogP contribution in [0.4, 0.5) is 11.6 Å². The number of hydrogen-bond acceptors (Lipinski definition) is 6. The molecule has 1 unspecified atom stereocenters. The second kappa shape index (κ2) is 8.74. The first-order valence-corrected chi connectivity index (χ1v) is 10.5. The van der Waals surface area contributed by atoms with Crippen molar-refractivity contribution in [3.05, 3.63) is 71.2 Å². The highest BCUT2D eigenvalue weighted by Crippen LogP contribution is 2.39. The zero-order valence-corrected chi connectivity index (χ0v) is 18.8. The second-order valence-electron chi connectivity index (χ2n) is 7.99. The van der Waals surface area contributed by atoms with Crippen molar-refractivity contribution in [1.29, 1.82) is 0 Å². The lowest BCUT2D eigenvalue weighted by Crippen LogP contribution is -2.31. The summed E-state index contributed by atoms with van der Waals surface area (Å²) in [6, 6.07) is 12.9. The van der Waals surface area contributed by atoms with E-state index in [-0.39, 0.29) is 12.0 Å². The maximum absolute atomic E-state index is 13.4. The zero-order chi connectivity index (χ0) is 22.8. The number of benzene rings is 2. The molecular formula is C24H27N5O3. The Morgan fingerprint density at radius 3 is 2.56 bits per heavy atom. The van der Waals surface area contributed by atoms with E-state index in [0.717, 1.165) is 16.8 Å². The average Bonchev–Trinajstić information content (AvgIpc) is 3.22. The van der Waals surface area contributed by atoms with Crippen LogP contribution in [0, 0.1) is 6.92 Å². The van der Waals surface area contributed by atoms with Gasteiger partial charge in [0, 0.05) is 11.4 Å². The molecule has 2 N–H and O–H groups in total. The molecule has 166 valence electrons. The largest absolute Gasteiger partial charge is 0.493 e. The van der Waals surface area contributed by atoms with Crippen molar-refractivity contribution in [3.63, 3.8) is 0 Å². The predicted octanol–water partition coefficient (Wildman–Crippen LogP) is 4.31. The summed E-state index contributed by atoms with van der Waals surface area (Å²) in [5.41, 5.74) is 3.94. The van der Waals surface area contributed by atoms with Gasteiger partial charge >= 0.3 is 0 Å². The third-order valence-electron chi connectivity index (χ3n) is 5.21. The molecular weight excluding hydrogens is 406 g/mol. The lowest BCUT2D eigenvalue weighted by atomic mass is 9.94. The first-order valence-electron chi connectivity index (χ1n) is 10.5. The summed E-state index contributed by atoms with van der Waals surface area (Å²) in [6.45, 7) is 7.79. The number of fused-ring (bicyclic) bond motifs is 1. The first kappa shape index (κ1) is 21.4. The number of anilines is 2. The van der Waals surface area contributed by atoms with E-state index >= 15 is 0 Å². The average molecular weight is 434 g/mol. The molecule has 1 atom stereocenters. The summed E-state index contributed by atoms with van der Waals surface area (Å²) in [6.07, 6.45) is 1.48. The van der Waals surface area contributed by atoms with Crippen LogP contribution in [0.1, 0.15) is 37.9 Å². The van der Waals surface area contributed by atoms with Crippen molar-refractivity contribution in [1.82, 2.24) is 14.8 Å². The van der Waals surface area contributed by atoms with Crippen LogP contribution in [0.15, 0.2) is 60.1 Å². The van der Waals surface area contributed by atoms with Gasteiger partial charge < -0.3 is 20.1 Å². The Labute approximate surface area is 187 Å². The van der Waals surface area contributed by atoms with Gasteiger partial charge in [-0.2, -0.15) is 10.1 Å². The highest BCUT2D eigenvalue weighted by atomic mass is 16.5. The fourth-order valence-electron chi connectivity index (χ4n) is 3.73. The van der Waals surface area contributed by atoms with Crippen molar-refractivity contribution in [2.24, 2.45) is 0 Å². The highest BCUT2D eigenvalue weighted by molar-refractivity contribution is 6.06. The Morgan fingerprint density at radius 2 is 1.88 bits per heavy atom. The van der Waals surface area contributed by atoms with E-state index in [1.807, 2.05) is 70.2 Å². The van der Waals surface area contributed by atoms with Gasteiger partial charge in [-0.05, 0) is 57.5 Å². The third-order valence-corrected chi connectivity index (χ3v) is 5.21. The minimum absolute atomic E-state index is 0.00790. The standard InChI is InChI=1S/C24H27N5O3/c1-14(2)32-19-11-8-17(12-20(19)31-5)22-21(16(4)27-24-25-13-26-29(22)24)23(30)28-18-9-6-15(3)7-10-18/h6-14,22H,1-5H3,(H,28,30)(H,25,26,27). The van der Waals surface area contributed by atoms with E-state index < -0.39 is 6.04 Å². The summed E-state index contributed by atoms with van der Waals surface area (Å²) in [5, 5.41) is 10.6. The molecule has 3 aromatic rings. The van der Waals surface area contributed by atoms with Crippen molar-refractivity contribution >= 4 is 17.5 Å². The van der Waals surface area contributed by atoms with Crippen molar-refractivity contribution in [2.45, 2.75) is 39.8 Å². The predicted molar refractivity (Wildman–Crippen MR) is 123 cm³/mol. The minimum Gasteiger partial charge on any atom is -0.493 e. The summed E-state index contributed by atoms with van der Waals surface area (Å²) in [4.78, 5) is 17.7. The van der Waals surface area contributed by atoms with Gasteiger partial charge in [0.1, 0.15) is 12.4 Å². The van der Waals surface area contributed by atoms with Gasteiger partial charge in [-0.25, -0.2) is 4.68 Å². The maximum Gasteiger partial charge on any atom is 0.255 e. The Bertz CT molecular complexity index is 1160. The van der Waals surface area contributed by atoms with E-state index in [1.165, 1.54) is 6.33 Å². The number of rotatable bonds is 6. The Morgan fingerprint density at radius 1 is 1.12 bits per heavy atom. The number of methoxy groups -OCH3 is 1. The molecule has 0 bridgehead atoms. The van der Waals surface area contributed by atoms with Crippen molar-refractivity contribution in [2.75, 3.05) is 17.7 Å². The molecule has 0 spiro atoms. The first-order chi connectivity index (χ1) is 15.4. The lowest BCUT2D eigenvalue weighted by molar-refractivity contribution is -0.113. The number of allylic oxidation sites excluding steroid dienone is 1. The summed E-state index contributed by atoms with van der Waals surface area (Å²) in [5.74, 6) is 1.59. The molecule has 1 aliphatic rings. The monoisotopic (exact) mass is 433 g/mol. The minimum atomic E-state index is -0.485. The smallest absolute Gasteiger partial charge is 0.255 e. The van der Waals surface area contributed by atoms with Crippen LogP contribution in [-0.4, -0.2) is 33.9 Å². The Hall–Kier alpha value is -3.81. The van der Waals surface area contributed by atoms with Gasteiger partial charge in [-0.15, -0.1) is 0 Å².